The van der Waals surface area contributed by atoms with Crippen LogP contribution in [0.5, 0.6) is 5.75 Å². The molecule has 0 saturated carbocycles. The molecule has 1 unspecified atom stereocenters. The normalized spacial score (nSPS) is 11.8. The first-order valence-corrected chi connectivity index (χ1v) is 4.77. The number of ether oxygens (including phenoxy) is 1. The van der Waals surface area contributed by atoms with Crippen LogP contribution in [0.25, 0.3) is 0 Å². The van der Waals surface area contributed by atoms with Gasteiger partial charge in [-0.1, -0.05) is 0 Å². The minimum atomic E-state index is -0.916. The van der Waals surface area contributed by atoms with Crippen LogP contribution in [0.1, 0.15) is 23.7 Å². The number of nitrogens with two attached hydrogens (primary N) is 1. The molecule has 0 spiro atoms. The van der Waals surface area contributed by atoms with Crippen LogP contribution in [0, 0.1) is 0 Å². The summed E-state index contributed by atoms with van der Waals surface area (Å²) in [5.74, 6) is -0.912. The Bertz CT molecular complexity index is 385. The lowest BCUT2D eigenvalue weighted by atomic mass is 10.2. The monoisotopic (exact) mass is 223 g/mol. The number of carboxylic acid groups (broad SMARTS) is 1. The lowest BCUT2D eigenvalue weighted by molar-refractivity contribution is -0.138. The molecule has 16 heavy (non-hydrogen) atoms. The molecule has 0 aromatic heterocycles. The van der Waals surface area contributed by atoms with E-state index >= 15 is 0 Å². The first-order valence-electron chi connectivity index (χ1n) is 4.77. The summed E-state index contributed by atoms with van der Waals surface area (Å²) in [6, 6.07) is 6.23. The SMILES string of the molecule is CC(CC(=O)O)Oc1ccc(C(N)=O)cc1. The van der Waals surface area contributed by atoms with Gasteiger partial charge in [0.15, 0.2) is 0 Å². The average Bonchev–Trinajstić information content (AvgIpc) is 2.16. The van der Waals surface area contributed by atoms with Crippen LogP contribution in [-0.2, 0) is 4.79 Å². The van der Waals surface area contributed by atoms with E-state index in [1.807, 2.05) is 0 Å². The molecule has 1 aromatic carbocycles. The van der Waals surface area contributed by atoms with E-state index in [0.29, 0.717) is 11.3 Å². The Kier molecular flexibility index (Phi) is 3.88. The van der Waals surface area contributed by atoms with Crippen molar-refractivity contribution in [3.63, 3.8) is 0 Å². The van der Waals surface area contributed by atoms with Crippen LogP contribution in [0.4, 0.5) is 0 Å². The highest BCUT2D eigenvalue weighted by molar-refractivity contribution is 5.92. The number of benzene rings is 1. The zero-order valence-corrected chi connectivity index (χ0v) is 8.84. The molecule has 1 atom stereocenters. The Morgan fingerprint density at radius 1 is 1.38 bits per heavy atom. The number of aliphatic carboxylic acids is 1. The van der Waals surface area contributed by atoms with Crippen molar-refractivity contribution in [3.05, 3.63) is 29.8 Å². The number of hydrogen-bond donors (Lipinski definition) is 2. The van der Waals surface area contributed by atoms with Gasteiger partial charge in [-0.15, -0.1) is 0 Å². The van der Waals surface area contributed by atoms with Gasteiger partial charge in [0.05, 0.1) is 6.42 Å². The van der Waals surface area contributed by atoms with Gasteiger partial charge in [0.2, 0.25) is 5.91 Å². The second kappa shape index (κ2) is 5.16. The highest BCUT2D eigenvalue weighted by Crippen LogP contribution is 2.14. The van der Waals surface area contributed by atoms with Gasteiger partial charge in [-0.25, -0.2) is 0 Å². The summed E-state index contributed by atoms with van der Waals surface area (Å²) in [5.41, 5.74) is 5.46. The zero-order valence-electron chi connectivity index (χ0n) is 8.84. The van der Waals surface area contributed by atoms with Crippen LogP contribution < -0.4 is 10.5 Å². The molecular weight excluding hydrogens is 210 g/mol. The quantitative estimate of drug-likeness (QED) is 0.780. The van der Waals surface area contributed by atoms with Crippen LogP contribution in [0.15, 0.2) is 24.3 Å². The van der Waals surface area contributed by atoms with Crippen molar-refractivity contribution < 1.29 is 19.4 Å². The lowest BCUT2D eigenvalue weighted by Crippen LogP contribution is -2.16. The topological polar surface area (TPSA) is 89.6 Å². The fourth-order valence-electron chi connectivity index (χ4n) is 1.22. The molecule has 5 nitrogen and oxygen atoms in total. The summed E-state index contributed by atoms with van der Waals surface area (Å²) < 4.78 is 5.33. The average molecular weight is 223 g/mol. The Morgan fingerprint density at radius 3 is 2.38 bits per heavy atom. The number of primary amides is 1. The van der Waals surface area contributed by atoms with E-state index in [1.165, 1.54) is 12.1 Å². The fraction of sp³-hybridized carbons (Fsp3) is 0.273. The van der Waals surface area contributed by atoms with E-state index in [1.54, 1.807) is 19.1 Å². The second-order valence-electron chi connectivity index (χ2n) is 3.41. The summed E-state index contributed by atoms with van der Waals surface area (Å²) in [7, 11) is 0. The summed E-state index contributed by atoms with van der Waals surface area (Å²) >= 11 is 0. The smallest absolute Gasteiger partial charge is 0.307 e. The van der Waals surface area contributed by atoms with E-state index in [9.17, 15) is 9.59 Å². The van der Waals surface area contributed by atoms with E-state index < -0.39 is 18.0 Å². The van der Waals surface area contributed by atoms with Crippen molar-refractivity contribution >= 4 is 11.9 Å². The summed E-state index contributed by atoms with van der Waals surface area (Å²) in [5, 5.41) is 8.54. The maximum absolute atomic E-state index is 10.8. The van der Waals surface area contributed by atoms with E-state index in [0.717, 1.165) is 0 Å². The maximum atomic E-state index is 10.8. The number of carboxylic acids is 1. The van der Waals surface area contributed by atoms with Crippen LogP contribution in [0.3, 0.4) is 0 Å². The molecular formula is C11H13NO4. The molecule has 3 N–H and O–H groups in total. The van der Waals surface area contributed by atoms with Gasteiger partial charge in [-0.05, 0) is 31.2 Å². The summed E-state index contributed by atoms with van der Waals surface area (Å²) in [6.45, 7) is 1.66. The third-order valence-corrected chi connectivity index (χ3v) is 1.94. The Hall–Kier alpha value is -2.04. The van der Waals surface area contributed by atoms with Crippen LogP contribution in [-0.4, -0.2) is 23.1 Å². The Balaban J connectivity index is 2.61. The molecule has 1 rings (SSSR count). The second-order valence-corrected chi connectivity index (χ2v) is 3.41. The Morgan fingerprint density at radius 2 is 1.94 bits per heavy atom. The zero-order chi connectivity index (χ0) is 12.1. The third kappa shape index (κ3) is 3.61. The predicted octanol–water partition coefficient (Wildman–Crippen LogP) is 1.03. The minimum Gasteiger partial charge on any atom is -0.490 e. The fourth-order valence-corrected chi connectivity index (χ4v) is 1.22. The van der Waals surface area contributed by atoms with Gasteiger partial charge in [0.1, 0.15) is 11.9 Å². The molecule has 5 heteroatoms. The maximum Gasteiger partial charge on any atom is 0.307 e. The van der Waals surface area contributed by atoms with E-state index in [-0.39, 0.29) is 6.42 Å². The third-order valence-electron chi connectivity index (χ3n) is 1.94. The van der Waals surface area contributed by atoms with E-state index in [2.05, 4.69) is 0 Å². The van der Waals surface area contributed by atoms with Crippen LogP contribution >= 0.6 is 0 Å². The molecule has 1 amide bonds. The number of rotatable bonds is 5. The molecule has 0 radical (unpaired) electrons. The highest BCUT2D eigenvalue weighted by Gasteiger charge is 2.09. The summed E-state index contributed by atoms with van der Waals surface area (Å²) in [4.78, 5) is 21.2. The molecule has 1 aromatic rings. The first kappa shape index (κ1) is 12.0. The standard InChI is InChI=1S/C11H13NO4/c1-7(6-10(13)14)16-9-4-2-8(3-5-9)11(12)15/h2-5,7H,6H2,1H3,(H2,12,15)(H,13,14). The number of carbonyl (C=O) groups excluding carboxylic acids is 1. The highest BCUT2D eigenvalue weighted by atomic mass is 16.5. The van der Waals surface area contributed by atoms with Gasteiger partial charge in [0, 0.05) is 5.56 Å². The van der Waals surface area contributed by atoms with Crippen molar-refractivity contribution in [3.8, 4) is 5.75 Å². The van der Waals surface area contributed by atoms with Gasteiger partial charge in [-0.3, -0.25) is 9.59 Å². The van der Waals surface area contributed by atoms with Crippen LogP contribution in [0.2, 0.25) is 0 Å². The molecule has 0 fully saturated rings. The molecule has 0 bridgehead atoms. The van der Waals surface area contributed by atoms with Crippen molar-refractivity contribution in [1.29, 1.82) is 0 Å². The van der Waals surface area contributed by atoms with Gasteiger partial charge in [-0.2, -0.15) is 0 Å². The molecule has 0 aliphatic carbocycles. The van der Waals surface area contributed by atoms with Gasteiger partial charge < -0.3 is 15.6 Å². The van der Waals surface area contributed by atoms with Crippen molar-refractivity contribution in [2.45, 2.75) is 19.4 Å². The molecule has 0 heterocycles. The Labute approximate surface area is 92.8 Å². The molecule has 0 aliphatic rings. The lowest BCUT2D eigenvalue weighted by Gasteiger charge is -2.12. The van der Waals surface area contributed by atoms with Crippen molar-refractivity contribution in [2.24, 2.45) is 5.73 Å². The first-order chi connectivity index (χ1) is 7.49. The predicted molar refractivity (Wildman–Crippen MR) is 57.3 cm³/mol. The number of carbonyl (C=O) groups is 2. The van der Waals surface area contributed by atoms with Gasteiger partial charge in [0.25, 0.3) is 0 Å². The molecule has 0 aliphatic heterocycles. The van der Waals surface area contributed by atoms with E-state index in [4.69, 9.17) is 15.6 Å². The minimum absolute atomic E-state index is 0.0719. The molecule has 0 saturated heterocycles. The molecule has 86 valence electrons. The summed E-state index contributed by atoms with van der Waals surface area (Å²) in [6.07, 6.45) is -0.491. The number of amides is 1. The van der Waals surface area contributed by atoms with Gasteiger partial charge >= 0.3 is 5.97 Å². The van der Waals surface area contributed by atoms with Crippen molar-refractivity contribution in [1.82, 2.24) is 0 Å². The van der Waals surface area contributed by atoms with Crippen molar-refractivity contribution in [2.75, 3.05) is 0 Å². The number of hydrogen-bond acceptors (Lipinski definition) is 3. The largest absolute Gasteiger partial charge is 0.490 e.